The Labute approximate surface area is 321 Å². The number of benzene rings is 2. The van der Waals surface area contributed by atoms with Crippen LogP contribution in [-0.4, -0.2) is 71.7 Å². The van der Waals surface area contributed by atoms with Gasteiger partial charge in [-0.3, -0.25) is 38.4 Å². The van der Waals surface area contributed by atoms with Crippen LogP contribution in [0.4, 0.5) is 0 Å². The van der Waals surface area contributed by atoms with Crippen LogP contribution in [0, 0.1) is 11.8 Å². The predicted molar refractivity (Wildman–Crippen MR) is 204 cm³/mol. The highest BCUT2D eigenvalue weighted by Crippen LogP contribution is 2.28. The molecule has 1 aliphatic heterocycles. The van der Waals surface area contributed by atoms with Gasteiger partial charge in [0.05, 0.1) is 0 Å². The summed E-state index contributed by atoms with van der Waals surface area (Å²) >= 11 is 0. The predicted octanol–water partition coefficient (Wildman–Crippen LogP) is 2.07. The molecule has 0 radical (unpaired) electrons. The van der Waals surface area contributed by atoms with E-state index in [4.69, 9.17) is 11.5 Å². The summed E-state index contributed by atoms with van der Waals surface area (Å²) in [6.45, 7) is 0.188. The first-order valence-electron chi connectivity index (χ1n) is 19.1. The van der Waals surface area contributed by atoms with Crippen molar-refractivity contribution in [2.24, 2.45) is 23.3 Å². The Bertz CT molecular complexity index is 1720. The van der Waals surface area contributed by atoms with E-state index >= 15 is 0 Å². The number of allylic oxidation sites excluding steroid dienone is 1. The summed E-state index contributed by atoms with van der Waals surface area (Å²) in [5, 5.41) is 11.0. The average Bonchev–Trinajstić information content (AvgIpc) is 3.17. The summed E-state index contributed by atoms with van der Waals surface area (Å²) in [5.74, 6) is -5.57. The molecular weight excluding hydrogens is 704 g/mol. The number of amides is 6. The molecule has 4 atom stereocenters. The van der Waals surface area contributed by atoms with Crippen LogP contribution in [0.25, 0.3) is 0 Å². The van der Waals surface area contributed by atoms with Gasteiger partial charge in [0.15, 0.2) is 11.6 Å². The second kappa shape index (κ2) is 21.3. The Morgan fingerprint density at radius 3 is 2.00 bits per heavy atom. The SMILES string of the molecule is NC(=O)CC[C@@H]1CC(=O)C=CC(=O)NC(C(N)=O)CCCCNC(=O)C(Cc2ccc(C(=O)c3ccccc3)cc2)NC(=O)[C@H](CC2CCCCC2)NC1=O. The Kier molecular flexibility index (Phi) is 16.3. The summed E-state index contributed by atoms with van der Waals surface area (Å²) in [5.41, 5.74) is 12.5. The molecule has 0 spiro atoms. The number of carbonyl (C=O) groups excluding carboxylic acids is 8. The quantitative estimate of drug-likeness (QED) is 0.196. The first-order valence-corrected chi connectivity index (χ1v) is 19.1. The first-order chi connectivity index (χ1) is 26.4. The van der Waals surface area contributed by atoms with Gasteiger partial charge in [-0.2, -0.15) is 0 Å². The Balaban J connectivity index is 1.62. The maximum atomic E-state index is 14.1. The lowest BCUT2D eigenvalue weighted by molar-refractivity contribution is -0.134. The van der Waals surface area contributed by atoms with Gasteiger partial charge in [0.2, 0.25) is 35.4 Å². The van der Waals surface area contributed by atoms with E-state index in [2.05, 4.69) is 21.3 Å². The number of primary amides is 2. The Hall–Kier alpha value is -5.66. The Morgan fingerprint density at radius 1 is 0.673 bits per heavy atom. The van der Waals surface area contributed by atoms with Crippen LogP contribution in [0.15, 0.2) is 66.7 Å². The van der Waals surface area contributed by atoms with Gasteiger partial charge in [0.25, 0.3) is 0 Å². The minimum absolute atomic E-state index is 0.0688. The van der Waals surface area contributed by atoms with Gasteiger partial charge in [-0.1, -0.05) is 86.7 Å². The van der Waals surface area contributed by atoms with E-state index in [0.29, 0.717) is 36.0 Å². The maximum Gasteiger partial charge on any atom is 0.244 e. The number of ketones is 2. The van der Waals surface area contributed by atoms with E-state index in [0.717, 1.165) is 44.3 Å². The lowest BCUT2D eigenvalue weighted by Crippen LogP contribution is -2.55. The van der Waals surface area contributed by atoms with E-state index in [9.17, 15) is 38.4 Å². The van der Waals surface area contributed by atoms with E-state index in [1.165, 1.54) is 0 Å². The molecule has 1 saturated carbocycles. The number of nitrogens with two attached hydrogens (primary N) is 2. The highest BCUT2D eigenvalue weighted by atomic mass is 16.2. The molecule has 2 aromatic rings. The summed E-state index contributed by atoms with van der Waals surface area (Å²) in [4.78, 5) is 104. The van der Waals surface area contributed by atoms with Crippen LogP contribution in [0.5, 0.6) is 0 Å². The van der Waals surface area contributed by atoms with Crippen molar-refractivity contribution in [1.29, 1.82) is 0 Å². The molecule has 8 N–H and O–H groups in total. The third kappa shape index (κ3) is 13.9. The fourth-order valence-electron chi connectivity index (χ4n) is 6.98. The fourth-order valence-corrected chi connectivity index (χ4v) is 6.98. The van der Waals surface area contributed by atoms with Crippen molar-refractivity contribution in [2.45, 2.75) is 102 Å². The highest BCUT2D eigenvalue weighted by molar-refractivity contribution is 6.09. The summed E-state index contributed by atoms with van der Waals surface area (Å²) in [6, 6.07) is 12.4. The minimum atomic E-state index is -1.07. The lowest BCUT2D eigenvalue weighted by Gasteiger charge is -2.29. The van der Waals surface area contributed by atoms with Crippen LogP contribution < -0.4 is 32.7 Å². The molecule has 14 nitrogen and oxygen atoms in total. The van der Waals surface area contributed by atoms with Crippen molar-refractivity contribution >= 4 is 47.0 Å². The fraction of sp³-hybridized carbons (Fsp3) is 0.463. The molecule has 14 heteroatoms. The Morgan fingerprint density at radius 2 is 1.33 bits per heavy atom. The second-order valence-electron chi connectivity index (χ2n) is 14.4. The van der Waals surface area contributed by atoms with Crippen LogP contribution in [-0.2, 0) is 40.0 Å². The van der Waals surface area contributed by atoms with Crippen LogP contribution in [0.1, 0.15) is 98.5 Å². The molecule has 2 aliphatic rings. The van der Waals surface area contributed by atoms with Crippen molar-refractivity contribution in [1.82, 2.24) is 21.3 Å². The third-order valence-corrected chi connectivity index (χ3v) is 10.1. The standard InChI is InChI=1S/C41H52N6O8/c42-35(49)20-18-30-25-31(48)19-21-36(50)45-32(38(43)52)13-7-8-22-44-40(54)33(47-41(55)34(46-39(30)53)23-26-9-3-1-4-10-26)24-27-14-16-29(17-15-27)37(51)28-11-5-2-6-12-28/h2,5-6,11-12,14-17,19,21,26,30,32-34H,1,3-4,7-10,13,18,20,22-25H2,(H2,42,49)(H2,43,52)(H,44,54)(H,45,50)(H,46,53)(H,47,55)/t30-,32?,33?,34+/m1/s1. The third-order valence-electron chi connectivity index (χ3n) is 10.1. The lowest BCUT2D eigenvalue weighted by atomic mass is 9.84. The zero-order chi connectivity index (χ0) is 39.7. The molecule has 0 saturated heterocycles. The number of carbonyl (C=O) groups is 8. The average molecular weight is 757 g/mol. The largest absolute Gasteiger partial charge is 0.370 e. The van der Waals surface area contributed by atoms with Crippen LogP contribution >= 0.6 is 0 Å². The van der Waals surface area contributed by atoms with Crippen molar-refractivity contribution in [2.75, 3.05) is 6.54 Å². The number of rotatable bonds is 10. The molecular formula is C41H52N6O8. The molecule has 1 heterocycles. The maximum absolute atomic E-state index is 14.1. The molecule has 55 heavy (non-hydrogen) atoms. The molecule has 0 bridgehead atoms. The van der Waals surface area contributed by atoms with Crippen LogP contribution in [0.3, 0.4) is 0 Å². The molecule has 294 valence electrons. The van der Waals surface area contributed by atoms with Gasteiger partial charge in [-0.05, 0) is 49.7 Å². The van der Waals surface area contributed by atoms with E-state index in [1.54, 1.807) is 48.5 Å². The first kappa shape index (κ1) is 42.1. The van der Waals surface area contributed by atoms with Crippen molar-refractivity contribution in [3.05, 3.63) is 83.4 Å². The topological polar surface area (TPSA) is 237 Å². The summed E-state index contributed by atoms with van der Waals surface area (Å²) in [7, 11) is 0. The zero-order valence-corrected chi connectivity index (χ0v) is 31.1. The van der Waals surface area contributed by atoms with E-state index in [1.807, 2.05) is 6.07 Å². The zero-order valence-electron chi connectivity index (χ0n) is 31.1. The van der Waals surface area contributed by atoms with Crippen molar-refractivity contribution in [3.8, 4) is 0 Å². The normalized spacial score (nSPS) is 22.7. The monoisotopic (exact) mass is 756 g/mol. The smallest absolute Gasteiger partial charge is 0.244 e. The molecule has 2 aromatic carbocycles. The number of nitrogens with one attached hydrogen (secondary N) is 4. The van der Waals surface area contributed by atoms with E-state index in [-0.39, 0.29) is 50.4 Å². The van der Waals surface area contributed by atoms with E-state index < -0.39 is 65.3 Å². The molecule has 4 rings (SSSR count). The summed E-state index contributed by atoms with van der Waals surface area (Å²) < 4.78 is 0. The molecule has 6 amide bonds. The van der Waals surface area contributed by atoms with Gasteiger partial charge >= 0.3 is 0 Å². The van der Waals surface area contributed by atoms with Gasteiger partial charge in [0, 0.05) is 48.9 Å². The molecule has 1 aliphatic carbocycles. The van der Waals surface area contributed by atoms with Crippen molar-refractivity contribution < 1.29 is 38.4 Å². The van der Waals surface area contributed by atoms with Crippen LogP contribution in [0.2, 0.25) is 0 Å². The second-order valence-corrected chi connectivity index (χ2v) is 14.4. The molecule has 1 fully saturated rings. The van der Waals surface area contributed by atoms with Gasteiger partial charge in [-0.25, -0.2) is 0 Å². The summed E-state index contributed by atoms with van der Waals surface area (Å²) in [6.07, 6.45) is 7.42. The van der Waals surface area contributed by atoms with Gasteiger partial charge in [-0.15, -0.1) is 0 Å². The molecule has 0 aromatic heterocycles. The minimum Gasteiger partial charge on any atom is -0.370 e. The molecule has 2 unspecified atom stereocenters. The number of hydrogen-bond acceptors (Lipinski definition) is 8. The van der Waals surface area contributed by atoms with Gasteiger partial charge in [0.1, 0.15) is 18.1 Å². The number of hydrogen-bond donors (Lipinski definition) is 6. The van der Waals surface area contributed by atoms with Gasteiger partial charge < -0.3 is 32.7 Å². The van der Waals surface area contributed by atoms with Crippen molar-refractivity contribution in [3.63, 3.8) is 0 Å². The highest BCUT2D eigenvalue weighted by Gasteiger charge is 2.32.